The van der Waals surface area contributed by atoms with Crippen molar-refractivity contribution in [3.05, 3.63) is 53.9 Å². The molecule has 0 aliphatic rings. The fraction of sp³-hybridized carbons (Fsp3) is 0.125. The first-order chi connectivity index (χ1) is 11.1. The largest absolute Gasteiger partial charge is 0.370 e. The minimum atomic E-state index is -0.506. The number of rotatable bonds is 3. The number of benzene rings is 1. The van der Waals surface area contributed by atoms with Crippen molar-refractivity contribution in [2.24, 2.45) is 16.5 Å². The maximum Gasteiger partial charge on any atom is 0.283 e. The van der Waals surface area contributed by atoms with Gasteiger partial charge in [0, 0.05) is 5.39 Å². The molecule has 1 amide bonds. The molecular weight excluding hydrogens is 292 g/mol. The van der Waals surface area contributed by atoms with Gasteiger partial charge in [0.05, 0.1) is 23.0 Å². The van der Waals surface area contributed by atoms with Gasteiger partial charge in [0.15, 0.2) is 11.8 Å². The van der Waals surface area contributed by atoms with Crippen molar-refractivity contribution < 1.29 is 4.79 Å². The topological polar surface area (TPSA) is 112 Å². The van der Waals surface area contributed by atoms with Gasteiger partial charge in [0.25, 0.3) is 5.91 Å². The number of hydrogen-bond acceptors (Lipinski definition) is 3. The fourth-order valence-electron chi connectivity index (χ4n) is 2.44. The molecule has 3 aromatic rings. The first kappa shape index (κ1) is 14.7. The molecule has 2 aromatic heterocycles. The number of nitrogens with zero attached hydrogens (tertiary/aromatic N) is 4. The summed E-state index contributed by atoms with van der Waals surface area (Å²) in [6, 6.07) is 11.6. The lowest BCUT2D eigenvalue weighted by molar-refractivity contribution is 0.100. The summed E-state index contributed by atoms with van der Waals surface area (Å²) in [7, 11) is 0. The van der Waals surface area contributed by atoms with E-state index in [0.717, 1.165) is 10.9 Å². The molecule has 2 heterocycles. The van der Waals surface area contributed by atoms with Crippen LogP contribution in [0.3, 0.4) is 0 Å². The highest BCUT2D eigenvalue weighted by Crippen LogP contribution is 2.18. The van der Waals surface area contributed by atoms with E-state index in [-0.39, 0.29) is 5.96 Å². The zero-order chi connectivity index (χ0) is 16.4. The van der Waals surface area contributed by atoms with E-state index in [1.165, 1.54) is 6.20 Å². The highest BCUT2D eigenvalue weighted by molar-refractivity contribution is 6.02. The summed E-state index contributed by atoms with van der Waals surface area (Å²) in [6.45, 7) is 1.93. The monoisotopic (exact) mass is 308 g/mol. The van der Waals surface area contributed by atoms with Crippen LogP contribution >= 0.6 is 0 Å². The summed E-state index contributed by atoms with van der Waals surface area (Å²) in [5, 5.41) is 5.31. The van der Waals surface area contributed by atoms with Crippen molar-refractivity contribution in [2.75, 3.05) is 0 Å². The van der Waals surface area contributed by atoms with E-state index in [2.05, 4.69) is 15.1 Å². The fourth-order valence-corrected chi connectivity index (χ4v) is 2.44. The Morgan fingerprint density at radius 1 is 1.22 bits per heavy atom. The van der Waals surface area contributed by atoms with Crippen LogP contribution in [-0.4, -0.2) is 26.6 Å². The molecular formula is C16H16N6O. The van der Waals surface area contributed by atoms with Gasteiger partial charge < -0.3 is 11.5 Å². The molecule has 0 aliphatic carbocycles. The van der Waals surface area contributed by atoms with Gasteiger partial charge in [-0.2, -0.15) is 10.1 Å². The van der Waals surface area contributed by atoms with E-state index >= 15 is 0 Å². The summed E-state index contributed by atoms with van der Waals surface area (Å²) >= 11 is 0. The lowest BCUT2D eigenvalue weighted by Gasteiger charge is -2.07. The Morgan fingerprint density at radius 2 is 2.00 bits per heavy atom. The van der Waals surface area contributed by atoms with Crippen molar-refractivity contribution >= 4 is 22.8 Å². The first-order valence-electron chi connectivity index (χ1n) is 7.17. The van der Waals surface area contributed by atoms with E-state index in [1.54, 1.807) is 4.68 Å². The predicted octanol–water partition coefficient (Wildman–Crippen LogP) is 1.40. The van der Waals surface area contributed by atoms with Crippen LogP contribution in [0.5, 0.6) is 0 Å². The van der Waals surface area contributed by atoms with Gasteiger partial charge in [0.2, 0.25) is 0 Å². The molecule has 23 heavy (non-hydrogen) atoms. The maximum atomic E-state index is 12.1. The predicted molar refractivity (Wildman–Crippen MR) is 88.4 cm³/mol. The molecule has 3 rings (SSSR count). The number of aliphatic imine (C=N–C) groups is 1. The number of pyridine rings is 1. The van der Waals surface area contributed by atoms with Gasteiger partial charge >= 0.3 is 0 Å². The zero-order valence-electron chi connectivity index (χ0n) is 12.6. The molecule has 0 saturated carbocycles. The van der Waals surface area contributed by atoms with E-state index < -0.39 is 5.91 Å². The number of nitrogens with two attached hydrogens (primary N) is 2. The minimum Gasteiger partial charge on any atom is -0.370 e. The highest BCUT2D eigenvalue weighted by atomic mass is 16.1. The number of carbonyl (C=O) groups excluding carboxylic acids is 1. The maximum absolute atomic E-state index is 12.1. The first-order valence-corrected chi connectivity index (χ1v) is 7.17. The average molecular weight is 308 g/mol. The summed E-state index contributed by atoms with van der Waals surface area (Å²) in [4.78, 5) is 20.2. The number of aromatic nitrogens is 3. The molecule has 0 atom stereocenters. The summed E-state index contributed by atoms with van der Waals surface area (Å²) in [6.07, 6.45) is 2.06. The Kier molecular flexibility index (Phi) is 3.76. The number of para-hydroxylation sites is 1. The molecule has 0 fully saturated rings. The van der Waals surface area contributed by atoms with Crippen molar-refractivity contribution in [3.8, 4) is 5.82 Å². The van der Waals surface area contributed by atoms with Crippen molar-refractivity contribution in [1.82, 2.24) is 14.8 Å². The third-order valence-corrected chi connectivity index (χ3v) is 3.47. The second-order valence-corrected chi connectivity index (χ2v) is 4.97. The molecule has 7 heteroatoms. The minimum absolute atomic E-state index is 0.270. The lowest BCUT2D eigenvalue weighted by Crippen LogP contribution is -2.24. The molecule has 0 aliphatic heterocycles. The van der Waals surface area contributed by atoms with Gasteiger partial charge in [-0.05, 0) is 24.6 Å². The molecule has 0 spiro atoms. The average Bonchev–Trinajstić information content (AvgIpc) is 2.97. The summed E-state index contributed by atoms with van der Waals surface area (Å²) in [5.74, 6) is -0.133. The zero-order valence-corrected chi connectivity index (χ0v) is 12.6. The second kappa shape index (κ2) is 5.88. The van der Waals surface area contributed by atoms with Gasteiger partial charge in [-0.1, -0.05) is 25.1 Å². The number of hydrogen-bond donors (Lipinski definition) is 2. The van der Waals surface area contributed by atoms with Crippen molar-refractivity contribution in [1.29, 1.82) is 0 Å². The van der Waals surface area contributed by atoms with Crippen LogP contribution < -0.4 is 11.5 Å². The Bertz CT molecular complexity index is 908. The molecule has 4 N–H and O–H groups in total. The number of amides is 1. The molecule has 7 nitrogen and oxygen atoms in total. The third kappa shape index (κ3) is 2.76. The number of carbonyl (C=O) groups is 1. The molecule has 1 aromatic carbocycles. The smallest absolute Gasteiger partial charge is 0.283 e. The van der Waals surface area contributed by atoms with Crippen LogP contribution in [0.4, 0.5) is 0 Å². The van der Waals surface area contributed by atoms with E-state index in [1.807, 2.05) is 43.3 Å². The van der Waals surface area contributed by atoms with Gasteiger partial charge in [-0.15, -0.1) is 0 Å². The van der Waals surface area contributed by atoms with Crippen molar-refractivity contribution in [3.63, 3.8) is 0 Å². The second-order valence-electron chi connectivity index (χ2n) is 4.97. The highest BCUT2D eigenvalue weighted by Gasteiger charge is 2.17. The molecule has 0 saturated heterocycles. The van der Waals surface area contributed by atoms with Crippen LogP contribution in [0.2, 0.25) is 0 Å². The van der Waals surface area contributed by atoms with Gasteiger partial charge in [-0.3, -0.25) is 4.79 Å². The van der Waals surface area contributed by atoms with E-state index in [4.69, 9.17) is 11.5 Å². The van der Waals surface area contributed by atoms with E-state index in [0.29, 0.717) is 23.5 Å². The van der Waals surface area contributed by atoms with Crippen LogP contribution in [0.15, 0.2) is 47.6 Å². The van der Waals surface area contributed by atoms with E-state index in [9.17, 15) is 4.79 Å². The van der Waals surface area contributed by atoms with Crippen LogP contribution in [0.1, 0.15) is 23.0 Å². The van der Waals surface area contributed by atoms with Crippen LogP contribution in [0.25, 0.3) is 16.7 Å². The van der Waals surface area contributed by atoms with Crippen molar-refractivity contribution in [2.45, 2.75) is 13.3 Å². The normalized spacial score (nSPS) is 10.7. The molecule has 0 bridgehead atoms. The molecule has 0 unspecified atom stereocenters. The summed E-state index contributed by atoms with van der Waals surface area (Å²) < 4.78 is 1.64. The Labute approximate surface area is 132 Å². The Morgan fingerprint density at radius 3 is 2.74 bits per heavy atom. The lowest BCUT2D eigenvalue weighted by atomic mass is 10.2. The molecule has 0 radical (unpaired) electrons. The Hall–Kier alpha value is -3.22. The quantitative estimate of drug-likeness (QED) is 0.561. The number of fused-ring (bicyclic) bond motifs is 1. The SMILES string of the molecule is CCc1c(C(=O)N=C(N)N)cnn1-c1ccc2ccccc2n1. The van der Waals surface area contributed by atoms with Crippen LogP contribution in [0, 0.1) is 0 Å². The summed E-state index contributed by atoms with van der Waals surface area (Å²) in [5.41, 5.74) is 12.5. The third-order valence-electron chi connectivity index (χ3n) is 3.47. The standard InChI is InChI=1S/C16H16N6O/c1-2-13-11(15(23)21-16(17)18)9-19-22(13)14-8-7-10-5-3-4-6-12(10)20-14/h3-9H,2H2,1H3,(H4,17,18,21,23). The Balaban J connectivity index is 2.10. The number of guanidine groups is 1. The van der Waals surface area contributed by atoms with Gasteiger partial charge in [0.1, 0.15) is 0 Å². The van der Waals surface area contributed by atoms with Gasteiger partial charge in [-0.25, -0.2) is 9.67 Å². The molecule has 116 valence electrons. The van der Waals surface area contributed by atoms with Crippen LogP contribution in [-0.2, 0) is 6.42 Å².